The van der Waals surface area contributed by atoms with Crippen molar-refractivity contribution in [3.05, 3.63) is 84.1 Å². The van der Waals surface area contributed by atoms with Crippen LogP contribution in [0, 0.1) is 6.92 Å². The molecule has 5 heteroatoms. The molecule has 1 saturated heterocycles. The Morgan fingerprint density at radius 3 is 2.50 bits per heavy atom. The summed E-state index contributed by atoms with van der Waals surface area (Å²) in [6, 6.07) is 19.9. The van der Waals surface area contributed by atoms with E-state index in [1.54, 1.807) is 6.20 Å². The van der Waals surface area contributed by atoms with E-state index in [1.165, 1.54) is 0 Å². The van der Waals surface area contributed by atoms with E-state index in [0.717, 1.165) is 22.9 Å². The van der Waals surface area contributed by atoms with E-state index < -0.39 is 0 Å². The lowest BCUT2D eigenvalue weighted by molar-refractivity contribution is 0.418. The first-order chi connectivity index (χ1) is 11.7. The van der Waals surface area contributed by atoms with Crippen molar-refractivity contribution < 1.29 is 4.42 Å². The molecular formula is C19H17N3OS. The number of nitrogens with zero attached hydrogens (tertiary/aromatic N) is 2. The maximum absolute atomic E-state index is 5.95. The summed E-state index contributed by atoms with van der Waals surface area (Å²) in [5, 5.41) is 4.09. The average Bonchev–Trinajstić information content (AvgIpc) is 3.19. The van der Waals surface area contributed by atoms with Gasteiger partial charge in [0, 0.05) is 11.9 Å². The Kier molecular flexibility index (Phi) is 3.78. The minimum atomic E-state index is -0.0801. The number of furan rings is 1. The van der Waals surface area contributed by atoms with Crippen molar-refractivity contribution in [2.75, 3.05) is 4.90 Å². The Hall–Kier alpha value is -2.66. The number of hydrogen-bond donors (Lipinski definition) is 1. The lowest BCUT2D eigenvalue weighted by Crippen LogP contribution is -2.29. The fourth-order valence-corrected chi connectivity index (χ4v) is 3.47. The van der Waals surface area contributed by atoms with E-state index in [4.69, 9.17) is 16.6 Å². The molecule has 1 aromatic carbocycles. The molecule has 0 amide bonds. The van der Waals surface area contributed by atoms with Gasteiger partial charge in [0.15, 0.2) is 5.11 Å². The van der Waals surface area contributed by atoms with Crippen molar-refractivity contribution in [1.29, 1.82) is 0 Å². The molecule has 3 aromatic rings. The summed E-state index contributed by atoms with van der Waals surface area (Å²) in [5.41, 5.74) is 1.98. The summed E-state index contributed by atoms with van der Waals surface area (Å²) < 4.78 is 5.95. The van der Waals surface area contributed by atoms with E-state index in [9.17, 15) is 0 Å². The Bertz CT molecular complexity index is 847. The molecule has 0 spiro atoms. The Balaban J connectivity index is 1.82. The number of para-hydroxylation sites is 1. The predicted molar refractivity (Wildman–Crippen MR) is 97.8 cm³/mol. The maximum atomic E-state index is 5.95. The van der Waals surface area contributed by atoms with Gasteiger partial charge < -0.3 is 14.6 Å². The summed E-state index contributed by atoms with van der Waals surface area (Å²) in [7, 11) is 0. The van der Waals surface area contributed by atoms with Crippen LogP contribution in [0.1, 0.15) is 29.3 Å². The minimum Gasteiger partial charge on any atom is -0.464 e. The van der Waals surface area contributed by atoms with Crippen LogP contribution in [-0.2, 0) is 0 Å². The second-order valence-electron chi connectivity index (χ2n) is 5.78. The van der Waals surface area contributed by atoms with Crippen LogP contribution >= 0.6 is 12.2 Å². The highest BCUT2D eigenvalue weighted by Crippen LogP contribution is 2.41. The van der Waals surface area contributed by atoms with Crippen molar-refractivity contribution in [3.63, 3.8) is 0 Å². The monoisotopic (exact) mass is 335 g/mol. The summed E-state index contributed by atoms with van der Waals surface area (Å²) in [6.07, 6.45) is 1.80. The quantitative estimate of drug-likeness (QED) is 0.728. The number of aryl methyl sites for hydroxylation is 1. The Labute approximate surface area is 146 Å². The molecule has 1 aliphatic rings. The number of benzene rings is 1. The molecule has 0 aliphatic carbocycles. The first kappa shape index (κ1) is 14.9. The van der Waals surface area contributed by atoms with Crippen molar-refractivity contribution in [1.82, 2.24) is 10.3 Å². The summed E-state index contributed by atoms with van der Waals surface area (Å²) in [6.45, 7) is 1.95. The second-order valence-corrected chi connectivity index (χ2v) is 6.17. The molecule has 3 heterocycles. The van der Waals surface area contributed by atoms with Crippen LogP contribution in [0.5, 0.6) is 0 Å². The molecule has 2 aromatic heterocycles. The highest BCUT2D eigenvalue weighted by molar-refractivity contribution is 7.80. The zero-order valence-electron chi connectivity index (χ0n) is 13.2. The van der Waals surface area contributed by atoms with Crippen LogP contribution in [0.2, 0.25) is 0 Å². The van der Waals surface area contributed by atoms with Gasteiger partial charge in [0.2, 0.25) is 0 Å². The van der Waals surface area contributed by atoms with Gasteiger partial charge in [-0.2, -0.15) is 0 Å². The molecule has 4 nitrogen and oxygen atoms in total. The molecular weight excluding hydrogens is 318 g/mol. The minimum absolute atomic E-state index is 0.0653. The van der Waals surface area contributed by atoms with E-state index in [0.29, 0.717) is 5.11 Å². The van der Waals surface area contributed by atoms with Crippen LogP contribution in [0.3, 0.4) is 0 Å². The van der Waals surface area contributed by atoms with Gasteiger partial charge >= 0.3 is 0 Å². The Morgan fingerprint density at radius 2 is 1.83 bits per heavy atom. The first-order valence-electron chi connectivity index (χ1n) is 7.86. The van der Waals surface area contributed by atoms with Gasteiger partial charge in [-0.1, -0.05) is 24.3 Å². The van der Waals surface area contributed by atoms with E-state index in [-0.39, 0.29) is 12.1 Å². The van der Waals surface area contributed by atoms with Gasteiger partial charge in [0.25, 0.3) is 0 Å². The van der Waals surface area contributed by atoms with Crippen molar-refractivity contribution in [3.8, 4) is 0 Å². The van der Waals surface area contributed by atoms with Crippen molar-refractivity contribution in [2.24, 2.45) is 0 Å². The van der Waals surface area contributed by atoms with Crippen molar-refractivity contribution in [2.45, 2.75) is 19.0 Å². The van der Waals surface area contributed by atoms with Gasteiger partial charge in [0.05, 0.1) is 11.7 Å². The fourth-order valence-electron chi connectivity index (χ4n) is 3.12. The lowest BCUT2D eigenvalue weighted by atomic mass is 10.0. The number of pyridine rings is 1. The third-order valence-corrected chi connectivity index (χ3v) is 4.50. The Morgan fingerprint density at radius 1 is 1.04 bits per heavy atom. The smallest absolute Gasteiger partial charge is 0.174 e. The van der Waals surface area contributed by atoms with Crippen LogP contribution in [0.25, 0.3) is 0 Å². The van der Waals surface area contributed by atoms with E-state index in [2.05, 4.69) is 27.3 Å². The molecule has 0 unspecified atom stereocenters. The molecule has 4 rings (SSSR count). The zero-order chi connectivity index (χ0) is 16.5. The molecule has 2 atom stereocenters. The fraction of sp³-hybridized carbons (Fsp3) is 0.158. The van der Waals surface area contributed by atoms with Gasteiger partial charge in [-0.25, -0.2) is 0 Å². The van der Waals surface area contributed by atoms with Crippen LogP contribution in [-0.4, -0.2) is 10.1 Å². The first-order valence-corrected chi connectivity index (χ1v) is 8.27. The molecule has 120 valence electrons. The van der Waals surface area contributed by atoms with Gasteiger partial charge in [-0.3, -0.25) is 4.98 Å². The molecule has 1 fully saturated rings. The standard InChI is InChI=1S/C19H17N3OS/c1-13-10-11-16(23-13)18-17(15-9-5-6-12-20-15)21-19(24)22(18)14-7-3-2-4-8-14/h2-12,17-18H,1H3,(H,21,24)/t17-,18+/m1/s1. The van der Waals surface area contributed by atoms with Gasteiger partial charge in [-0.15, -0.1) is 0 Å². The molecule has 24 heavy (non-hydrogen) atoms. The molecule has 1 aliphatic heterocycles. The topological polar surface area (TPSA) is 41.3 Å². The van der Waals surface area contributed by atoms with E-state index in [1.807, 2.05) is 55.5 Å². The number of rotatable bonds is 3. The second kappa shape index (κ2) is 6.09. The number of aromatic nitrogens is 1. The molecule has 0 bridgehead atoms. The molecule has 0 radical (unpaired) electrons. The third kappa shape index (κ3) is 2.57. The average molecular weight is 335 g/mol. The summed E-state index contributed by atoms with van der Waals surface area (Å²) in [5.74, 6) is 1.76. The maximum Gasteiger partial charge on any atom is 0.174 e. The van der Waals surface area contributed by atoms with Crippen LogP contribution in [0.4, 0.5) is 5.69 Å². The number of anilines is 1. The SMILES string of the molecule is Cc1ccc([C@H]2[C@@H](c3ccccn3)NC(=S)N2c2ccccc2)o1. The predicted octanol–water partition coefficient (Wildman–Crippen LogP) is 4.16. The van der Waals surface area contributed by atoms with E-state index >= 15 is 0 Å². The number of thiocarbonyl (C=S) groups is 1. The van der Waals surface area contributed by atoms with Crippen LogP contribution < -0.4 is 10.2 Å². The van der Waals surface area contributed by atoms with Crippen molar-refractivity contribution >= 4 is 23.0 Å². The number of hydrogen-bond acceptors (Lipinski definition) is 3. The van der Waals surface area contributed by atoms with Gasteiger partial charge in [0.1, 0.15) is 17.6 Å². The highest BCUT2D eigenvalue weighted by Gasteiger charge is 2.42. The zero-order valence-corrected chi connectivity index (χ0v) is 14.0. The normalized spacial score (nSPS) is 20.2. The highest BCUT2D eigenvalue weighted by atomic mass is 32.1. The molecule has 1 N–H and O–H groups in total. The molecule has 0 saturated carbocycles. The van der Waals surface area contributed by atoms with Gasteiger partial charge in [-0.05, 0) is 55.5 Å². The lowest BCUT2D eigenvalue weighted by Gasteiger charge is -2.26. The number of nitrogens with one attached hydrogen (secondary N) is 1. The summed E-state index contributed by atoms with van der Waals surface area (Å²) >= 11 is 5.63. The third-order valence-electron chi connectivity index (χ3n) is 4.19. The largest absolute Gasteiger partial charge is 0.464 e. The van der Waals surface area contributed by atoms with Crippen LogP contribution in [0.15, 0.2) is 71.3 Å². The summed E-state index contributed by atoms with van der Waals surface area (Å²) in [4.78, 5) is 6.62.